The van der Waals surface area contributed by atoms with E-state index in [0.717, 1.165) is 23.1 Å². The fourth-order valence-electron chi connectivity index (χ4n) is 3.88. The van der Waals surface area contributed by atoms with Crippen molar-refractivity contribution in [2.24, 2.45) is 11.8 Å². The van der Waals surface area contributed by atoms with Crippen molar-refractivity contribution in [3.63, 3.8) is 0 Å². The summed E-state index contributed by atoms with van der Waals surface area (Å²) < 4.78 is 32.3. The molecule has 2 fully saturated rings. The molecule has 12 heteroatoms. The van der Waals surface area contributed by atoms with Crippen LogP contribution >= 0.6 is 11.8 Å². The summed E-state index contributed by atoms with van der Waals surface area (Å²) in [5.74, 6) is -1.00. The summed E-state index contributed by atoms with van der Waals surface area (Å²) in [5, 5.41) is 2.12. The van der Waals surface area contributed by atoms with Crippen LogP contribution in [-0.4, -0.2) is 79.2 Å². The van der Waals surface area contributed by atoms with Gasteiger partial charge in [0.15, 0.2) is 6.61 Å². The fourth-order valence-corrected chi connectivity index (χ4v) is 6.32. The first-order valence-electron chi connectivity index (χ1n) is 10.6. The zero-order valence-electron chi connectivity index (χ0n) is 18.5. The van der Waals surface area contributed by atoms with E-state index in [9.17, 15) is 27.6 Å². The number of amides is 3. The van der Waals surface area contributed by atoms with Gasteiger partial charge in [0.05, 0.1) is 16.2 Å². The molecule has 1 N–H and O–H groups in total. The van der Waals surface area contributed by atoms with Crippen LogP contribution in [0.1, 0.15) is 30.6 Å². The largest absolute Gasteiger partial charge is 0.452 e. The van der Waals surface area contributed by atoms with E-state index >= 15 is 0 Å². The van der Waals surface area contributed by atoms with E-state index < -0.39 is 28.5 Å². The van der Waals surface area contributed by atoms with Gasteiger partial charge in [0.2, 0.25) is 15.9 Å². The van der Waals surface area contributed by atoms with Gasteiger partial charge in [0, 0.05) is 26.2 Å². The summed E-state index contributed by atoms with van der Waals surface area (Å²) in [6, 6.07) is 5.43. The predicted octanol–water partition coefficient (Wildman–Crippen LogP) is 1.32. The van der Waals surface area contributed by atoms with Crippen LogP contribution in [0.2, 0.25) is 0 Å². The van der Waals surface area contributed by atoms with E-state index in [1.165, 1.54) is 28.6 Å². The molecule has 0 saturated carbocycles. The Morgan fingerprint density at radius 2 is 1.76 bits per heavy atom. The van der Waals surface area contributed by atoms with E-state index in [4.69, 9.17) is 4.74 Å². The molecule has 0 aliphatic carbocycles. The number of piperidine rings is 1. The SMILES string of the molecule is C[C@H]1C[C@H](C)CN(S(=O)(=O)c2ccc(C(=O)OCC(=O)NCCN3C(=O)CSC3=O)cc2)C1. The van der Waals surface area contributed by atoms with E-state index in [2.05, 4.69) is 5.32 Å². The first-order valence-corrected chi connectivity index (χ1v) is 13.0. The Bertz CT molecular complexity index is 1000. The Morgan fingerprint density at radius 3 is 2.33 bits per heavy atom. The van der Waals surface area contributed by atoms with Gasteiger partial charge in [-0.1, -0.05) is 25.6 Å². The summed E-state index contributed by atoms with van der Waals surface area (Å²) in [7, 11) is -3.66. The van der Waals surface area contributed by atoms with Gasteiger partial charge in [-0.2, -0.15) is 4.31 Å². The molecular formula is C21H27N3O7S2. The van der Waals surface area contributed by atoms with Crippen molar-refractivity contribution in [3.8, 4) is 0 Å². The zero-order valence-corrected chi connectivity index (χ0v) is 20.1. The van der Waals surface area contributed by atoms with E-state index in [-0.39, 0.29) is 52.3 Å². The summed E-state index contributed by atoms with van der Waals surface area (Å²) in [6.45, 7) is 4.54. The molecule has 0 radical (unpaired) electrons. The van der Waals surface area contributed by atoms with Crippen LogP contribution < -0.4 is 5.32 Å². The first-order chi connectivity index (χ1) is 15.6. The highest BCUT2D eigenvalue weighted by molar-refractivity contribution is 8.14. The van der Waals surface area contributed by atoms with Crippen molar-refractivity contribution in [2.45, 2.75) is 25.2 Å². The molecule has 33 heavy (non-hydrogen) atoms. The number of nitrogens with one attached hydrogen (secondary N) is 1. The molecular weight excluding hydrogens is 470 g/mol. The molecule has 2 aliphatic heterocycles. The number of carbonyl (C=O) groups is 4. The van der Waals surface area contributed by atoms with Crippen LogP contribution in [0.4, 0.5) is 4.79 Å². The number of imide groups is 1. The predicted molar refractivity (Wildman–Crippen MR) is 121 cm³/mol. The standard InChI is InChI=1S/C21H27N3O7S2/c1-14-9-15(2)11-23(10-14)33(29,30)17-5-3-16(4-6-17)20(27)31-12-18(25)22-7-8-24-19(26)13-32-21(24)28/h3-6,14-15H,7-13H2,1-2H3,(H,22,25)/t14-,15-/m0/s1. The molecule has 3 rings (SSSR count). The average molecular weight is 498 g/mol. The van der Waals surface area contributed by atoms with E-state index in [1.807, 2.05) is 13.8 Å². The molecule has 0 bridgehead atoms. The van der Waals surface area contributed by atoms with Gasteiger partial charge in [0.1, 0.15) is 0 Å². The molecule has 0 aromatic heterocycles. The maximum absolute atomic E-state index is 12.9. The smallest absolute Gasteiger partial charge is 0.338 e. The number of hydrogen-bond acceptors (Lipinski definition) is 8. The van der Waals surface area contributed by atoms with Crippen LogP contribution in [0.25, 0.3) is 0 Å². The Hall–Kier alpha value is -2.44. The number of nitrogens with zero attached hydrogens (tertiary/aromatic N) is 2. The van der Waals surface area contributed by atoms with Gasteiger partial charge >= 0.3 is 5.97 Å². The van der Waals surface area contributed by atoms with Crippen molar-refractivity contribution < 1.29 is 32.3 Å². The number of sulfonamides is 1. The molecule has 3 amide bonds. The second-order valence-electron chi connectivity index (χ2n) is 8.32. The van der Waals surface area contributed by atoms with Gasteiger partial charge in [-0.05, 0) is 42.5 Å². The zero-order chi connectivity index (χ0) is 24.2. The molecule has 180 valence electrons. The number of rotatable bonds is 8. The van der Waals surface area contributed by atoms with Crippen LogP contribution in [0.15, 0.2) is 29.2 Å². The minimum absolute atomic E-state index is 0.0503. The number of thioether (sulfide) groups is 1. The highest BCUT2D eigenvalue weighted by atomic mass is 32.2. The molecule has 1 aromatic carbocycles. The Morgan fingerprint density at radius 1 is 1.12 bits per heavy atom. The Balaban J connectivity index is 1.48. The third kappa shape index (κ3) is 6.33. The maximum atomic E-state index is 12.9. The van der Waals surface area contributed by atoms with Crippen LogP contribution in [0, 0.1) is 11.8 Å². The molecule has 1 aromatic rings. The fraction of sp³-hybridized carbons (Fsp3) is 0.524. The van der Waals surface area contributed by atoms with Gasteiger partial charge in [0.25, 0.3) is 11.1 Å². The van der Waals surface area contributed by atoms with E-state index in [0.29, 0.717) is 13.1 Å². The molecule has 2 heterocycles. The highest BCUT2D eigenvalue weighted by Gasteiger charge is 2.32. The van der Waals surface area contributed by atoms with E-state index in [1.54, 1.807) is 0 Å². The average Bonchev–Trinajstić information content (AvgIpc) is 3.09. The summed E-state index contributed by atoms with van der Waals surface area (Å²) in [4.78, 5) is 48.2. The third-order valence-corrected chi connectivity index (χ3v) is 8.10. The summed E-state index contributed by atoms with van der Waals surface area (Å²) >= 11 is 0.910. The van der Waals surface area contributed by atoms with Gasteiger partial charge < -0.3 is 10.1 Å². The van der Waals surface area contributed by atoms with Crippen LogP contribution in [0.5, 0.6) is 0 Å². The number of carbonyl (C=O) groups excluding carboxylic acids is 4. The molecule has 2 atom stereocenters. The Labute approximate surface area is 197 Å². The number of ether oxygens (including phenoxy) is 1. The number of hydrogen-bond donors (Lipinski definition) is 1. The van der Waals surface area contributed by atoms with Crippen molar-refractivity contribution in [1.29, 1.82) is 0 Å². The quantitative estimate of drug-likeness (QED) is 0.532. The second-order valence-corrected chi connectivity index (χ2v) is 11.2. The minimum atomic E-state index is -3.66. The van der Waals surface area contributed by atoms with Crippen molar-refractivity contribution in [1.82, 2.24) is 14.5 Å². The first kappa shape index (κ1) is 25.2. The van der Waals surface area contributed by atoms with Gasteiger partial charge in [-0.25, -0.2) is 13.2 Å². The maximum Gasteiger partial charge on any atom is 0.338 e. The topological polar surface area (TPSA) is 130 Å². The number of esters is 1. The highest BCUT2D eigenvalue weighted by Crippen LogP contribution is 2.26. The van der Waals surface area contributed by atoms with Gasteiger partial charge in [-0.3, -0.25) is 19.3 Å². The lowest BCUT2D eigenvalue weighted by molar-refractivity contribution is -0.126. The van der Waals surface area contributed by atoms with Crippen molar-refractivity contribution in [3.05, 3.63) is 29.8 Å². The molecule has 0 unspecified atom stereocenters. The normalized spacial score (nSPS) is 21.8. The third-order valence-electron chi connectivity index (χ3n) is 5.40. The molecule has 2 saturated heterocycles. The summed E-state index contributed by atoms with van der Waals surface area (Å²) in [6.07, 6.45) is 0.984. The van der Waals surface area contributed by atoms with Crippen molar-refractivity contribution >= 4 is 44.8 Å². The van der Waals surface area contributed by atoms with Crippen LogP contribution in [0.3, 0.4) is 0 Å². The lowest BCUT2D eigenvalue weighted by Crippen LogP contribution is -2.42. The lowest BCUT2D eigenvalue weighted by atomic mass is 9.94. The lowest BCUT2D eigenvalue weighted by Gasteiger charge is -2.34. The summed E-state index contributed by atoms with van der Waals surface area (Å²) in [5.41, 5.74) is 0.118. The second kappa shape index (κ2) is 10.7. The van der Waals surface area contributed by atoms with Gasteiger partial charge in [-0.15, -0.1) is 0 Å². The minimum Gasteiger partial charge on any atom is -0.452 e. The molecule has 10 nitrogen and oxygen atoms in total. The molecule has 2 aliphatic rings. The monoisotopic (exact) mass is 497 g/mol. The molecule has 0 spiro atoms. The Kier molecular flexibility index (Phi) is 8.14. The van der Waals surface area contributed by atoms with Crippen LogP contribution in [-0.2, 0) is 24.3 Å². The number of benzene rings is 1. The van der Waals surface area contributed by atoms with Crippen molar-refractivity contribution in [2.75, 3.05) is 38.5 Å².